The summed E-state index contributed by atoms with van der Waals surface area (Å²) in [5.41, 5.74) is 2.21. The molecule has 15 heavy (non-hydrogen) atoms. The van der Waals surface area contributed by atoms with Gasteiger partial charge in [-0.05, 0) is 56.4 Å². The molecule has 1 N–H and O–H groups in total. The molecule has 0 heterocycles. The molecule has 0 unspecified atom stereocenters. The van der Waals surface area contributed by atoms with Crippen molar-refractivity contribution in [2.24, 2.45) is 11.3 Å². The highest BCUT2D eigenvalue weighted by Crippen LogP contribution is 2.55. The Hall–Kier alpha value is -0.560. The van der Waals surface area contributed by atoms with Gasteiger partial charge in [0.25, 0.3) is 0 Å². The quantitative estimate of drug-likeness (QED) is 0.651. The van der Waals surface area contributed by atoms with E-state index in [2.05, 4.69) is 33.4 Å². The largest absolute Gasteiger partial charge is 0.386 e. The van der Waals surface area contributed by atoms with Crippen molar-refractivity contribution >= 4 is 0 Å². The topological polar surface area (TPSA) is 20.2 Å². The fraction of sp³-hybridized carbons (Fsp3) is 0.714. The monoisotopic (exact) mass is 206 g/mol. The summed E-state index contributed by atoms with van der Waals surface area (Å²) in [4.78, 5) is 0. The lowest BCUT2D eigenvalue weighted by molar-refractivity contribution is -0.0170. The number of aliphatic hydroxyl groups is 1. The summed E-state index contributed by atoms with van der Waals surface area (Å²) in [5.74, 6) is 0.544. The van der Waals surface area contributed by atoms with Crippen LogP contribution in [0.15, 0.2) is 23.8 Å². The first-order valence-corrected chi connectivity index (χ1v) is 5.96. The zero-order valence-corrected chi connectivity index (χ0v) is 10.1. The molecule has 1 nitrogen and oxygen atoms in total. The lowest BCUT2D eigenvalue weighted by Crippen LogP contribution is -2.43. The van der Waals surface area contributed by atoms with Gasteiger partial charge >= 0.3 is 0 Å². The molecule has 0 spiro atoms. The summed E-state index contributed by atoms with van der Waals surface area (Å²) < 4.78 is 0. The molecule has 2 bridgehead atoms. The minimum Gasteiger partial charge on any atom is -0.386 e. The Morgan fingerprint density at radius 3 is 2.73 bits per heavy atom. The second-order valence-corrected chi connectivity index (χ2v) is 5.66. The van der Waals surface area contributed by atoms with Gasteiger partial charge in [0, 0.05) is 0 Å². The summed E-state index contributed by atoms with van der Waals surface area (Å²) in [7, 11) is 0. The molecule has 3 aliphatic rings. The van der Waals surface area contributed by atoms with Crippen molar-refractivity contribution < 1.29 is 5.11 Å². The molecule has 1 saturated carbocycles. The Kier molecular flexibility index (Phi) is 2.34. The third-order valence-corrected chi connectivity index (χ3v) is 4.93. The van der Waals surface area contributed by atoms with Crippen molar-refractivity contribution in [3.05, 3.63) is 23.8 Å². The molecule has 1 heteroatoms. The zero-order valence-electron chi connectivity index (χ0n) is 10.1. The Balaban J connectivity index is 2.44. The summed E-state index contributed by atoms with van der Waals surface area (Å²) in [6, 6.07) is 0. The molecule has 0 amide bonds. The third kappa shape index (κ3) is 1.40. The summed E-state index contributed by atoms with van der Waals surface area (Å²) in [5, 5.41) is 10.5. The summed E-state index contributed by atoms with van der Waals surface area (Å²) in [6.45, 7) is 10.7. The minimum atomic E-state index is -0.519. The van der Waals surface area contributed by atoms with E-state index >= 15 is 0 Å². The Bertz CT molecular complexity index is 328. The van der Waals surface area contributed by atoms with E-state index in [1.807, 2.05) is 0 Å². The van der Waals surface area contributed by atoms with E-state index in [9.17, 15) is 5.11 Å². The normalized spacial score (nSPS) is 44.8. The van der Waals surface area contributed by atoms with E-state index in [0.29, 0.717) is 5.92 Å². The highest BCUT2D eigenvalue weighted by atomic mass is 16.3. The van der Waals surface area contributed by atoms with Crippen LogP contribution >= 0.6 is 0 Å². The van der Waals surface area contributed by atoms with Crippen LogP contribution in [-0.2, 0) is 0 Å². The predicted molar refractivity (Wildman–Crippen MR) is 63.6 cm³/mol. The molecule has 0 aliphatic heterocycles. The van der Waals surface area contributed by atoms with Crippen LogP contribution in [-0.4, -0.2) is 10.7 Å². The van der Waals surface area contributed by atoms with E-state index in [1.54, 1.807) is 0 Å². The van der Waals surface area contributed by atoms with E-state index in [1.165, 1.54) is 11.1 Å². The minimum absolute atomic E-state index is 0.254. The predicted octanol–water partition coefficient (Wildman–Crippen LogP) is 3.45. The molecule has 0 aromatic rings. The van der Waals surface area contributed by atoms with Crippen LogP contribution in [0, 0.1) is 11.3 Å². The molecule has 0 saturated heterocycles. The Morgan fingerprint density at radius 1 is 1.53 bits per heavy atom. The highest BCUT2D eigenvalue weighted by Gasteiger charge is 2.49. The van der Waals surface area contributed by atoms with Gasteiger partial charge in [-0.25, -0.2) is 0 Å². The SMILES string of the molecule is C=C(C)[C@@]12CC=C(C)[C@](O)(CC1)C[C@H]2C. The van der Waals surface area contributed by atoms with E-state index in [-0.39, 0.29) is 5.41 Å². The van der Waals surface area contributed by atoms with Gasteiger partial charge in [-0.2, -0.15) is 0 Å². The van der Waals surface area contributed by atoms with Crippen molar-refractivity contribution in [3.63, 3.8) is 0 Å². The maximum absolute atomic E-state index is 10.5. The Morgan fingerprint density at radius 2 is 2.20 bits per heavy atom. The highest BCUT2D eigenvalue weighted by molar-refractivity contribution is 5.27. The molecule has 1 fully saturated rings. The van der Waals surface area contributed by atoms with Crippen LogP contribution in [0.4, 0.5) is 0 Å². The lowest BCUT2D eigenvalue weighted by atomic mass is 9.60. The van der Waals surface area contributed by atoms with E-state index < -0.39 is 5.60 Å². The van der Waals surface area contributed by atoms with Crippen LogP contribution in [0.2, 0.25) is 0 Å². The molecular weight excluding hydrogens is 184 g/mol. The van der Waals surface area contributed by atoms with Crippen molar-refractivity contribution in [2.45, 2.75) is 52.1 Å². The van der Waals surface area contributed by atoms with Crippen LogP contribution in [0.3, 0.4) is 0 Å². The van der Waals surface area contributed by atoms with Gasteiger partial charge < -0.3 is 5.11 Å². The zero-order chi connectivity index (χ0) is 11.3. The van der Waals surface area contributed by atoms with E-state index in [0.717, 1.165) is 25.7 Å². The molecular formula is C14H22O. The van der Waals surface area contributed by atoms with Gasteiger partial charge in [0.05, 0.1) is 5.60 Å². The van der Waals surface area contributed by atoms with Gasteiger partial charge in [0.1, 0.15) is 0 Å². The van der Waals surface area contributed by atoms with E-state index in [4.69, 9.17) is 0 Å². The Labute approximate surface area is 92.9 Å². The number of rotatable bonds is 1. The van der Waals surface area contributed by atoms with Gasteiger partial charge in [-0.1, -0.05) is 25.2 Å². The second kappa shape index (κ2) is 3.21. The average Bonchev–Trinajstić information content (AvgIpc) is 2.32. The number of fused-ring (bicyclic) bond motifs is 3. The van der Waals surface area contributed by atoms with Gasteiger partial charge in [0.2, 0.25) is 0 Å². The van der Waals surface area contributed by atoms with Crippen molar-refractivity contribution in [1.29, 1.82) is 0 Å². The van der Waals surface area contributed by atoms with Gasteiger partial charge in [-0.15, -0.1) is 0 Å². The molecule has 3 aliphatic carbocycles. The maximum atomic E-state index is 10.5. The van der Waals surface area contributed by atoms with Crippen molar-refractivity contribution in [3.8, 4) is 0 Å². The second-order valence-electron chi connectivity index (χ2n) is 5.66. The summed E-state index contributed by atoms with van der Waals surface area (Å²) >= 11 is 0. The number of hydrogen-bond acceptors (Lipinski definition) is 1. The maximum Gasteiger partial charge on any atom is 0.0857 e. The number of hydrogen-bond donors (Lipinski definition) is 1. The first kappa shape index (κ1) is 10.9. The molecule has 0 radical (unpaired) electrons. The summed E-state index contributed by atoms with van der Waals surface area (Å²) in [6.07, 6.45) is 6.21. The number of allylic oxidation sites excluding steroid dienone is 2. The smallest absolute Gasteiger partial charge is 0.0857 e. The van der Waals surface area contributed by atoms with Crippen molar-refractivity contribution in [2.75, 3.05) is 0 Å². The van der Waals surface area contributed by atoms with Gasteiger partial charge in [-0.3, -0.25) is 0 Å². The molecule has 3 rings (SSSR count). The molecule has 3 atom stereocenters. The lowest BCUT2D eigenvalue weighted by Gasteiger charge is -2.47. The fourth-order valence-corrected chi connectivity index (χ4v) is 3.48. The molecule has 0 aromatic carbocycles. The molecule has 84 valence electrons. The first-order chi connectivity index (χ1) is 6.91. The average molecular weight is 206 g/mol. The fourth-order valence-electron chi connectivity index (χ4n) is 3.48. The molecule has 0 aromatic heterocycles. The van der Waals surface area contributed by atoms with Crippen molar-refractivity contribution in [1.82, 2.24) is 0 Å². The van der Waals surface area contributed by atoms with Gasteiger partial charge in [0.15, 0.2) is 0 Å². The standard InChI is InChI=1S/C14H22O/c1-10(2)13-6-5-11(3)14(15,8-7-13)9-12(13)4/h5,12,15H,1,6-9H2,2-4H3/t12-,13-,14+/m1/s1. The third-order valence-electron chi connectivity index (χ3n) is 4.93. The van der Waals surface area contributed by atoms with Crippen LogP contribution < -0.4 is 0 Å². The first-order valence-electron chi connectivity index (χ1n) is 5.96. The van der Waals surface area contributed by atoms with Crippen LogP contribution in [0.1, 0.15) is 46.5 Å². The van der Waals surface area contributed by atoms with Crippen LogP contribution in [0.5, 0.6) is 0 Å². The van der Waals surface area contributed by atoms with Crippen LogP contribution in [0.25, 0.3) is 0 Å².